The Kier molecular flexibility index (Phi) is 5.15. The number of halogens is 3. The normalized spacial score (nSPS) is 21.1. The van der Waals surface area contributed by atoms with Crippen molar-refractivity contribution in [2.75, 3.05) is 31.6 Å². The van der Waals surface area contributed by atoms with Crippen molar-refractivity contribution in [1.82, 2.24) is 14.9 Å². The number of rotatable bonds is 5. The molecule has 1 atom stereocenters. The van der Waals surface area contributed by atoms with Crippen molar-refractivity contribution in [2.45, 2.75) is 24.7 Å². The quantitative estimate of drug-likeness (QED) is 0.882. The predicted molar refractivity (Wildman–Crippen MR) is 91.6 cm³/mol. The Morgan fingerprint density at radius 2 is 1.96 bits per heavy atom. The minimum Gasteiger partial charge on any atom is -0.387 e. The lowest BCUT2D eigenvalue weighted by atomic mass is 10.0. The number of likely N-dealkylation sites (N-methyl/N-ethyl adjacent to an activating group) is 1. The highest BCUT2D eigenvalue weighted by Crippen LogP contribution is 2.29. The monoisotopic (exact) mass is 366 g/mol. The van der Waals surface area contributed by atoms with Crippen LogP contribution in [0, 0.1) is 0 Å². The van der Waals surface area contributed by atoms with E-state index in [1.807, 2.05) is 30.3 Å². The van der Waals surface area contributed by atoms with Crippen molar-refractivity contribution >= 4 is 5.95 Å². The fourth-order valence-electron chi connectivity index (χ4n) is 3.25. The molecule has 0 amide bonds. The highest BCUT2D eigenvalue weighted by atomic mass is 19.4. The van der Waals surface area contributed by atoms with Crippen LogP contribution in [0.25, 0.3) is 0 Å². The van der Waals surface area contributed by atoms with Crippen LogP contribution < -0.4 is 4.90 Å². The van der Waals surface area contributed by atoms with Crippen LogP contribution in [0.5, 0.6) is 0 Å². The van der Waals surface area contributed by atoms with Crippen LogP contribution in [0.4, 0.5) is 19.1 Å². The molecule has 1 N–H and O–H groups in total. The highest BCUT2D eigenvalue weighted by molar-refractivity contribution is 5.30. The van der Waals surface area contributed by atoms with Crippen LogP contribution >= 0.6 is 0 Å². The first-order valence-electron chi connectivity index (χ1n) is 8.35. The molecule has 0 spiro atoms. The summed E-state index contributed by atoms with van der Waals surface area (Å²) in [5.74, 6) is -0.0465. The second kappa shape index (κ2) is 7.20. The standard InChI is InChI=1S/C18H21F3N4O/c1-24(16-22-9-7-15(23-16)18(19,20)21)12-17(26)8-10-25(13-17)11-14-5-3-2-4-6-14/h2-7,9,26H,8,10-13H2,1H3. The second-order valence-corrected chi connectivity index (χ2v) is 6.77. The second-order valence-electron chi connectivity index (χ2n) is 6.77. The summed E-state index contributed by atoms with van der Waals surface area (Å²) in [6.07, 6.45) is -2.89. The first kappa shape index (κ1) is 18.6. The maximum absolute atomic E-state index is 12.8. The number of hydrogen-bond acceptors (Lipinski definition) is 5. The molecule has 2 heterocycles. The fraction of sp³-hybridized carbons (Fsp3) is 0.444. The molecule has 1 aromatic carbocycles. The van der Waals surface area contributed by atoms with Crippen LogP contribution in [0.2, 0.25) is 0 Å². The van der Waals surface area contributed by atoms with Gasteiger partial charge in [0, 0.05) is 32.9 Å². The molecule has 1 unspecified atom stereocenters. The third kappa shape index (κ3) is 4.50. The van der Waals surface area contributed by atoms with Gasteiger partial charge in [-0.3, -0.25) is 4.90 Å². The molecule has 26 heavy (non-hydrogen) atoms. The topological polar surface area (TPSA) is 52.5 Å². The van der Waals surface area contributed by atoms with Gasteiger partial charge in [0.1, 0.15) is 5.69 Å². The van der Waals surface area contributed by atoms with Crippen LogP contribution in [0.3, 0.4) is 0 Å². The number of likely N-dealkylation sites (tertiary alicyclic amines) is 1. The molecule has 140 valence electrons. The SMILES string of the molecule is CN(CC1(O)CCN(Cc2ccccc2)C1)c1nccc(C(F)(F)F)n1. The number of aromatic nitrogens is 2. The summed E-state index contributed by atoms with van der Waals surface area (Å²) in [4.78, 5) is 11.1. The maximum atomic E-state index is 12.8. The van der Waals surface area contributed by atoms with Gasteiger partial charge in [0.05, 0.1) is 12.1 Å². The van der Waals surface area contributed by atoms with Gasteiger partial charge >= 0.3 is 6.18 Å². The largest absolute Gasteiger partial charge is 0.433 e. The minimum absolute atomic E-state index is 0.0465. The van der Waals surface area contributed by atoms with Gasteiger partial charge in [-0.1, -0.05) is 30.3 Å². The van der Waals surface area contributed by atoms with E-state index in [-0.39, 0.29) is 12.5 Å². The van der Waals surface area contributed by atoms with E-state index in [9.17, 15) is 18.3 Å². The van der Waals surface area contributed by atoms with Gasteiger partial charge in [0.15, 0.2) is 0 Å². The summed E-state index contributed by atoms with van der Waals surface area (Å²) in [6.45, 7) is 2.07. The molecule has 0 saturated carbocycles. The zero-order valence-electron chi connectivity index (χ0n) is 14.4. The van der Waals surface area contributed by atoms with E-state index in [2.05, 4.69) is 14.9 Å². The first-order valence-corrected chi connectivity index (χ1v) is 8.35. The van der Waals surface area contributed by atoms with Crippen LogP contribution in [0.1, 0.15) is 17.7 Å². The van der Waals surface area contributed by atoms with E-state index in [1.54, 1.807) is 7.05 Å². The molecular formula is C18H21F3N4O. The van der Waals surface area contributed by atoms with Crippen molar-refractivity contribution in [3.8, 4) is 0 Å². The summed E-state index contributed by atoms with van der Waals surface area (Å²) < 4.78 is 38.4. The Bertz CT molecular complexity index is 741. The van der Waals surface area contributed by atoms with Gasteiger partial charge in [-0.2, -0.15) is 13.2 Å². The van der Waals surface area contributed by atoms with Gasteiger partial charge in [0.2, 0.25) is 5.95 Å². The molecule has 2 aromatic rings. The number of β-amino-alcohol motifs (C(OH)–C–C–N with tert-alkyl or cyclic N) is 1. The Balaban J connectivity index is 1.63. The smallest absolute Gasteiger partial charge is 0.387 e. The van der Waals surface area contributed by atoms with E-state index in [1.165, 1.54) is 4.90 Å². The lowest BCUT2D eigenvalue weighted by molar-refractivity contribution is -0.141. The van der Waals surface area contributed by atoms with Crippen LogP contribution in [-0.2, 0) is 12.7 Å². The highest BCUT2D eigenvalue weighted by Gasteiger charge is 2.38. The Hall–Kier alpha value is -2.19. The maximum Gasteiger partial charge on any atom is 0.433 e. The Morgan fingerprint density at radius 3 is 2.65 bits per heavy atom. The molecule has 0 bridgehead atoms. The van der Waals surface area contributed by atoms with Crippen LogP contribution in [-0.4, -0.2) is 52.3 Å². The summed E-state index contributed by atoms with van der Waals surface area (Å²) in [5.41, 5.74) is -0.842. The van der Waals surface area contributed by atoms with E-state index >= 15 is 0 Å². The van der Waals surface area contributed by atoms with E-state index in [0.29, 0.717) is 13.0 Å². The van der Waals surface area contributed by atoms with E-state index < -0.39 is 17.5 Å². The van der Waals surface area contributed by atoms with Crippen molar-refractivity contribution in [3.05, 3.63) is 53.9 Å². The molecule has 1 aromatic heterocycles. The minimum atomic E-state index is -4.52. The summed E-state index contributed by atoms with van der Waals surface area (Å²) >= 11 is 0. The molecule has 1 aliphatic heterocycles. The van der Waals surface area contributed by atoms with Crippen LogP contribution in [0.15, 0.2) is 42.6 Å². The average molecular weight is 366 g/mol. The Morgan fingerprint density at radius 1 is 1.23 bits per heavy atom. The number of benzene rings is 1. The molecule has 3 rings (SSSR count). The molecule has 0 aliphatic carbocycles. The van der Waals surface area contributed by atoms with Gasteiger partial charge in [0.25, 0.3) is 0 Å². The van der Waals surface area contributed by atoms with Gasteiger partial charge < -0.3 is 10.0 Å². The van der Waals surface area contributed by atoms with Gasteiger partial charge in [-0.05, 0) is 18.1 Å². The lowest BCUT2D eigenvalue weighted by Crippen LogP contribution is -2.44. The lowest BCUT2D eigenvalue weighted by Gasteiger charge is -2.29. The molecule has 1 fully saturated rings. The number of alkyl halides is 3. The molecule has 0 radical (unpaired) electrons. The third-order valence-electron chi connectivity index (χ3n) is 4.47. The molecule has 1 saturated heterocycles. The molecule has 1 aliphatic rings. The number of hydrogen-bond donors (Lipinski definition) is 1. The first-order chi connectivity index (χ1) is 12.3. The Labute approximate surface area is 150 Å². The van der Waals surface area contributed by atoms with Crippen molar-refractivity contribution in [1.29, 1.82) is 0 Å². The van der Waals surface area contributed by atoms with Crippen molar-refractivity contribution in [3.63, 3.8) is 0 Å². The van der Waals surface area contributed by atoms with E-state index in [4.69, 9.17) is 0 Å². The van der Waals surface area contributed by atoms with Gasteiger partial charge in [-0.25, -0.2) is 9.97 Å². The summed E-state index contributed by atoms with van der Waals surface area (Å²) in [6, 6.07) is 10.8. The number of nitrogens with zero attached hydrogens (tertiary/aromatic N) is 4. The number of anilines is 1. The summed E-state index contributed by atoms with van der Waals surface area (Å²) in [5, 5.41) is 10.8. The fourth-order valence-corrected chi connectivity index (χ4v) is 3.25. The zero-order chi connectivity index (χ0) is 18.8. The predicted octanol–water partition coefficient (Wildman–Crippen LogP) is 2.57. The summed E-state index contributed by atoms with van der Waals surface area (Å²) in [7, 11) is 1.59. The third-order valence-corrected chi connectivity index (χ3v) is 4.47. The van der Waals surface area contributed by atoms with Crippen molar-refractivity contribution < 1.29 is 18.3 Å². The molecular weight excluding hydrogens is 345 g/mol. The average Bonchev–Trinajstić information content (AvgIpc) is 2.95. The van der Waals surface area contributed by atoms with Gasteiger partial charge in [-0.15, -0.1) is 0 Å². The number of aliphatic hydroxyl groups is 1. The molecule has 8 heteroatoms. The van der Waals surface area contributed by atoms with E-state index in [0.717, 1.165) is 30.9 Å². The van der Waals surface area contributed by atoms with Crippen molar-refractivity contribution in [2.24, 2.45) is 0 Å². The zero-order valence-corrected chi connectivity index (χ0v) is 14.4. The molecule has 5 nitrogen and oxygen atoms in total.